The SMILES string of the molecule is CN1CCN(C(=O)c2ccc(NC(=O)C3CCNCC3)cc2)CC1. The van der Waals surface area contributed by atoms with E-state index in [4.69, 9.17) is 0 Å². The van der Waals surface area contributed by atoms with Crippen LogP contribution in [0.3, 0.4) is 0 Å². The zero-order valence-corrected chi connectivity index (χ0v) is 14.3. The monoisotopic (exact) mass is 330 g/mol. The first kappa shape index (κ1) is 16.9. The average Bonchev–Trinajstić information content (AvgIpc) is 2.63. The number of anilines is 1. The Bertz CT molecular complexity index is 573. The smallest absolute Gasteiger partial charge is 0.253 e. The molecule has 0 radical (unpaired) electrons. The van der Waals surface area contributed by atoms with Crippen LogP contribution in [0, 0.1) is 5.92 Å². The number of likely N-dealkylation sites (N-methyl/N-ethyl adjacent to an activating group) is 1. The molecule has 0 unspecified atom stereocenters. The van der Waals surface area contributed by atoms with Gasteiger partial charge in [-0.15, -0.1) is 0 Å². The van der Waals surface area contributed by atoms with Crippen molar-refractivity contribution < 1.29 is 9.59 Å². The van der Waals surface area contributed by atoms with Gasteiger partial charge in [-0.2, -0.15) is 0 Å². The van der Waals surface area contributed by atoms with Crippen molar-refractivity contribution in [1.29, 1.82) is 0 Å². The number of amides is 2. The summed E-state index contributed by atoms with van der Waals surface area (Å²) in [6, 6.07) is 7.25. The zero-order valence-electron chi connectivity index (χ0n) is 14.3. The molecule has 2 aliphatic rings. The number of nitrogens with one attached hydrogen (secondary N) is 2. The number of carbonyl (C=O) groups is 2. The molecule has 24 heavy (non-hydrogen) atoms. The van der Waals surface area contributed by atoms with Gasteiger partial charge in [-0.3, -0.25) is 9.59 Å². The quantitative estimate of drug-likeness (QED) is 0.868. The number of piperidine rings is 1. The van der Waals surface area contributed by atoms with Crippen LogP contribution in [0.5, 0.6) is 0 Å². The largest absolute Gasteiger partial charge is 0.336 e. The summed E-state index contributed by atoms with van der Waals surface area (Å²) in [5, 5.41) is 6.23. The molecule has 0 atom stereocenters. The first-order chi connectivity index (χ1) is 11.6. The van der Waals surface area contributed by atoms with Crippen LogP contribution in [-0.4, -0.2) is 67.9 Å². The summed E-state index contributed by atoms with van der Waals surface area (Å²) in [5.41, 5.74) is 1.44. The topological polar surface area (TPSA) is 64.7 Å². The summed E-state index contributed by atoms with van der Waals surface area (Å²) in [6.45, 7) is 5.16. The summed E-state index contributed by atoms with van der Waals surface area (Å²) in [7, 11) is 2.07. The van der Waals surface area contributed by atoms with E-state index in [1.807, 2.05) is 17.0 Å². The van der Waals surface area contributed by atoms with Crippen molar-refractivity contribution in [3.05, 3.63) is 29.8 Å². The zero-order chi connectivity index (χ0) is 16.9. The Labute approximate surface area is 143 Å². The maximum Gasteiger partial charge on any atom is 0.253 e. The third-order valence-electron chi connectivity index (χ3n) is 4.90. The van der Waals surface area contributed by atoms with Crippen LogP contribution in [0.4, 0.5) is 5.69 Å². The fourth-order valence-electron chi connectivity index (χ4n) is 3.22. The summed E-state index contributed by atoms with van der Waals surface area (Å²) in [6.07, 6.45) is 1.76. The predicted molar refractivity (Wildman–Crippen MR) is 94.1 cm³/mol. The van der Waals surface area contributed by atoms with Crippen LogP contribution in [0.25, 0.3) is 0 Å². The van der Waals surface area contributed by atoms with Crippen molar-refractivity contribution in [1.82, 2.24) is 15.1 Å². The Morgan fingerprint density at radius 3 is 2.29 bits per heavy atom. The van der Waals surface area contributed by atoms with Gasteiger partial charge in [0.1, 0.15) is 0 Å². The first-order valence-corrected chi connectivity index (χ1v) is 8.73. The van der Waals surface area contributed by atoms with Crippen LogP contribution in [0.2, 0.25) is 0 Å². The average molecular weight is 330 g/mol. The molecule has 2 amide bonds. The standard InChI is InChI=1S/C18H26N4O2/c1-21-10-12-22(13-11-21)18(24)15-2-4-16(5-3-15)20-17(23)14-6-8-19-9-7-14/h2-5,14,19H,6-13H2,1H3,(H,20,23). The normalized spacial score (nSPS) is 20.0. The van der Waals surface area contributed by atoms with E-state index in [0.29, 0.717) is 5.56 Å². The van der Waals surface area contributed by atoms with Crippen LogP contribution in [0.15, 0.2) is 24.3 Å². The highest BCUT2D eigenvalue weighted by Crippen LogP contribution is 2.17. The van der Waals surface area contributed by atoms with Crippen LogP contribution >= 0.6 is 0 Å². The molecule has 0 spiro atoms. The third kappa shape index (κ3) is 4.13. The van der Waals surface area contributed by atoms with Gasteiger partial charge in [0, 0.05) is 43.3 Å². The van der Waals surface area contributed by atoms with Gasteiger partial charge >= 0.3 is 0 Å². The van der Waals surface area contributed by atoms with Gasteiger partial charge < -0.3 is 20.4 Å². The van der Waals surface area contributed by atoms with Gasteiger partial charge in [-0.05, 0) is 57.2 Å². The highest BCUT2D eigenvalue weighted by atomic mass is 16.2. The molecule has 1 aromatic rings. The second-order valence-corrected chi connectivity index (χ2v) is 6.69. The minimum absolute atomic E-state index is 0.0688. The number of hydrogen-bond donors (Lipinski definition) is 2. The van der Waals surface area contributed by atoms with E-state index >= 15 is 0 Å². The van der Waals surface area contributed by atoms with Crippen LogP contribution in [0.1, 0.15) is 23.2 Å². The van der Waals surface area contributed by atoms with E-state index in [0.717, 1.165) is 57.8 Å². The lowest BCUT2D eigenvalue weighted by molar-refractivity contribution is -0.120. The highest BCUT2D eigenvalue weighted by molar-refractivity contribution is 5.96. The third-order valence-corrected chi connectivity index (χ3v) is 4.90. The second-order valence-electron chi connectivity index (χ2n) is 6.69. The maximum atomic E-state index is 12.5. The number of carbonyl (C=O) groups excluding carboxylic acids is 2. The number of benzene rings is 1. The molecule has 0 saturated carbocycles. The van der Waals surface area contributed by atoms with E-state index in [9.17, 15) is 9.59 Å². The van der Waals surface area contributed by atoms with Gasteiger partial charge in [0.15, 0.2) is 0 Å². The van der Waals surface area contributed by atoms with Crippen molar-refractivity contribution in [2.24, 2.45) is 5.92 Å². The van der Waals surface area contributed by atoms with Gasteiger partial charge in [-0.1, -0.05) is 0 Å². The molecule has 6 heteroatoms. The molecule has 130 valence electrons. The second kappa shape index (κ2) is 7.77. The summed E-state index contributed by atoms with van der Waals surface area (Å²) in [5.74, 6) is 0.229. The molecule has 0 aliphatic carbocycles. The molecule has 0 bridgehead atoms. The minimum atomic E-state index is 0.0688. The first-order valence-electron chi connectivity index (χ1n) is 8.73. The number of hydrogen-bond acceptors (Lipinski definition) is 4. The predicted octanol–water partition coefficient (Wildman–Crippen LogP) is 1.01. The summed E-state index contributed by atoms with van der Waals surface area (Å²) < 4.78 is 0. The lowest BCUT2D eigenvalue weighted by atomic mass is 9.97. The van der Waals surface area contributed by atoms with Gasteiger partial charge in [0.2, 0.25) is 5.91 Å². The molecule has 6 nitrogen and oxygen atoms in total. The Morgan fingerprint density at radius 1 is 1.04 bits per heavy atom. The molecule has 2 aliphatic heterocycles. The Kier molecular flexibility index (Phi) is 5.48. The van der Waals surface area contributed by atoms with E-state index in [-0.39, 0.29) is 17.7 Å². The molecule has 2 heterocycles. The van der Waals surface area contributed by atoms with Gasteiger partial charge in [0.05, 0.1) is 0 Å². The van der Waals surface area contributed by atoms with Crippen molar-refractivity contribution in [3.8, 4) is 0 Å². The Hall–Kier alpha value is -1.92. The molecule has 2 saturated heterocycles. The summed E-state index contributed by atoms with van der Waals surface area (Å²) >= 11 is 0. The Morgan fingerprint density at radius 2 is 1.67 bits per heavy atom. The minimum Gasteiger partial charge on any atom is -0.336 e. The molecule has 2 fully saturated rings. The van der Waals surface area contributed by atoms with Crippen molar-refractivity contribution >= 4 is 17.5 Å². The van der Waals surface area contributed by atoms with Crippen LogP contribution in [-0.2, 0) is 4.79 Å². The van der Waals surface area contributed by atoms with Gasteiger partial charge in [-0.25, -0.2) is 0 Å². The van der Waals surface area contributed by atoms with E-state index in [1.165, 1.54) is 0 Å². The lowest BCUT2D eigenvalue weighted by Gasteiger charge is -2.32. The molecule has 0 aromatic heterocycles. The summed E-state index contributed by atoms with van der Waals surface area (Å²) in [4.78, 5) is 28.9. The fourth-order valence-corrected chi connectivity index (χ4v) is 3.22. The van der Waals surface area contributed by atoms with E-state index in [1.54, 1.807) is 12.1 Å². The molecular weight excluding hydrogens is 304 g/mol. The number of piperazine rings is 1. The van der Waals surface area contributed by atoms with Crippen molar-refractivity contribution in [2.45, 2.75) is 12.8 Å². The highest BCUT2D eigenvalue weighted by Gasteiger charge is 2.22. The van der Waals surface area contributed by atoms with E-state index < -0.39 is 0 Å². The Balaban J connectivity index is 1.56. The number of rotatable bonds is 3. The van der Waals surface area contributed by atoms with Crippen LogP contribution < -0.4 is 10.6 Å². The molecule has 2 N–H and O–H groups in total. The fraction of sp³-hybridized carbons (Fsp3) is 0.556. The molecule has 3 rings (SSSR count). The van der Waals surface area contributed by atoms with Gasteiger partial charge in [0.25, 0.3) is 5.91 Å². The maximum absolute atomic E-state index is 12.5. The van der Waals surface area contributed by atoms with E-state index in [2.05, 4.69) is 22.6 Å². The molecular formula is C18H26N4O2. The number of nitrogens with zero attached hydrogens (tertiary/aromatic N) is 2. The van der Waals surface area contributed by atoms with Crippen molar-refractivity contribution in [3.63, 3.8) is 0 Å². The molecule has 1 aromatic carbocycles. The van der Waals surface area contributed by atoms with Crippen molar-refractivity contribution in [2.75, 3.05) is 51.6 Å². The lowest BCUT2D eigenvalue weighted by Crippen LogP contribution is -2.47.